The summed E-state index contributed by atoms with van der Waals surface area (Å²) in [6.07, 6.45) is 9.70. The van der Waals surface area contributed by atoms with Crippen LogP contribution in [0.2, 0.25) is 10.0 Å². The van der Waals surface area contributed by atoms with Crippen molar-refractivity contribution in [2.45, 2.75) is 38.1 Å². The second-order valence-electron chi connectivity index (χ2n) is 6.97. The molecule has 1 aliphatic carbocycles. The Morgan fingerprint density at radius 1 is 1.21 bits per heavy atom. The molecule has 5 nitrogen and oxygen atoms in total. The summed E-state index contributed by atoms with van der Waals surface area (Å²) < 4.78 is 2.78. The van der Waals surface area contributed by atoms with Gasteiger partial charge < -0.3 is 11.1 Å². The molecule has 4 rings (SSSR count). The summed E-state index contributed by atoms with van der Waals surface area (Å²) in [7, 11) is 0. The minimum absolute atomic E-state index is 0.320. The van der Waals surface area contributed by atoms with Crippen molar-refractivity contribution in [1.29, 1.82) is 0 Å². The van der Waals surface area contributed by atoms with Gasteiger partial charge in [-0.1, -0.05) is 48.5 Å². The van der Waals surface area contributed by atoms with E-state index in [9.17, 15) is 0 Å². The average molecular weight is 481 g/mol. The molecule has 3 N–H and O–H groups in total. The van der Waals surface area contributed by atoms with Crippen LogP contribution in [0.3, 0.4) is 0 Å². The van der Waals surface area contributed by atoms with Crippen LogP contribution >= 0.6 is 39.1 Å². The van der Waals surface area contributed by atoms with Crippen LogP contribution in [0, 0.1) is 0 Å². The molecular weight excluding hydrogens is 461 g/mol. The van der Waals surface area contributed by atoms with Gasteiger partial charge in [-0.25, -0.2) is 9.51 Å². The van der Waals surface area contributed by atoms with Gasteiger partial charge in [0.1, 0.15) is 11.5 Å². The van der Waals surface area contributed by atoms with Crippen LogP contribution in [-0.2, 0) is 0 Å². The summed E-state index contributed by atoms with van der Waals surface area (Å²) >= 11 is 16.1. The largest absolute Gasteiger partial charge is 0.383 e. The third-order valence-electron chi connectivity index (χ3n) is 5.00. The van der Waals surface area contributed by atoms with Crippen LogP contribution in [0.4, 0.5) is 11.4 Å². The predicted molar refractivity (Wildman–Crippen MR) is 120 cm³/mol. The smallest absolute Gasteiger partial charge is 0.135 e. The lowest BCUT2D eigenvalue weighted by Gasteiger charge is -2.25. The van der Waals surface area contributed by atoms with Crippen LogP contribution in [0.5, 0.6) is 0 Å². The molecule has 2 heterocycles. The van der Waals surface area contributed by atoms with Crippen molar-refractivity contribution in [2.75, 3.05) is 5.32 Å². The molecule has 0 saturated heterocycles. The number of fused-ring (bicyclic) bond motifs is 1. The van der Waals surface area contributed by atoms with Gasteiger partial charge in [0, 0.05) is 16.7 Å². The molecule has 0 radical (unpaired) electrons. The first kappa shape index (κ1) is 19.6. The Morgan fingerprint density at radius 2 is 1.93 bits per heavy atom. The fourth-order valence-corrected chi connectivity index (χ4v) is 4.49. The van der Waals surface area contributed by atoms with Gasteiger partial charge in [0.05, 0.1) is 33.0 Å². The van der Waals surface area contributed by atoms with Crippen LogP contribution in [0.25, 0.3) is 5.52 Å². The summed E-state index contributed by atoms with van der Waals surface area (Å²) in [5.74, 6) is 0.320. The molecule has 8 heteroatoms. The van der Waals surface area contributed by atoms with Crippen LogP contribution < -0.4 is 11.1 Å². The summed E-state index contributed by atoms with van der Waals surface area (Å²) in [4.78, 5) is 4.53. The topological polar surface area (TPSA) is 67.7 Å². The third-order valence-corrected chi connectivity index (χ3v) is 6.05. The molecule has 146 valence electrons. The van der Waals surface area contributed by atoms with Gasteiger partial charge in [-0.05, 0) is 47.0 Å². The maximum Gasteiger partial charge on any atom is 0.135 e. The number of rotatable bonds is 4. The minimum atomic E-state index is 0.320. The lowest BCUT2D eigenvalue weighted by Crippen LogP contribution is -2.25. The maximum atomic E-state index is 6.40. The van der Waals surface area contributed by atoms with Crippen molar-refractivity contribution in [1.82, 2.24) is 9.61 Å². The van der Waals surface area contributed by atoms with Gasteiger partial charge in [-0.2, -0.15) is 5.10 Å². The van der Waals surface area contributed by atoms with Crippen molar-refractivity contribution in [2.24, 2.45) is 10.7 Å². The molecule has 1 saturated carbocycles. The van der Waals surface area contributed by atoms with E-state index >= 15 is 0 Å². The maximum absolute atomic E-state index is 6.40. The summed E-state index contributed by atoms with van der Waals surface area (Å²) in [5, 5.41) is 9.09. The number of amidine groups is 1. The highest BCUT2D eigenvalue weighted by molar-refractivity contribution is 9.10. The van der Waals surface area contributed by atoms with Gasteiger partial charge in [-0.3, -0.25) is 0 Å². The number of aromatic nitrogens is 2. The Bertz CT molecular complexity index is 1020. The number of halogens is 3. The zero-order chi connectivity index (χ0) is 19.7. The number of nitrogens with one attached hydrogen (secondary N) is 1. The van der Waals surface area contributed by atoms with Crippen molar-refractivity contribution in [3.63, 3.8) is 0 Å². The van der Waals surface area contributed by atoms with Crippen LogP contribution in [-0.4, -0.2) is 21.5 Å². The van der Waals surface area contributed by atoms with E-state index in [4.69, 9.17) is 28.9 Å². The summed E-state index contributed by atoms with van der Waals surface area (Å²) in [6.45, 7) is 0. The SMILES string of the molecule is NC(=Nc1c(Cl)cccc1Cl)c1cnn2cc(Br)cc2c1NC1CCCCC1. The molecule has 2 aromatic heterocycles. The lowest BCUT2D eigenvalue weighted by molar-refractivity contribution is 0.463. The fraction of sp³-hybridized carbons (Fsp3) is 0.300. The molecule has 1 aliphatic rings. The number of aliphatic imine (C=N–C) groups is 1. The van der Waals surface area contributed by atoms with Crippen molar-refractivity contribution in [3.8, 4) is 0 Å². The van der Waals surface area contributed by atoms with Gasteiger partial charge in [0.25, 0.3) is 0 Å². The summed E-state index contributed by atoms with van der Waals surface area (Å²) in [6, 6.07) is 7.70. The van der Waals surface area contributed by atoms with E-state index in [1.807, 2.05) is 16.8 Å². The first-order valence-corrected chi connectivity index (χ1v) is 10.8. The molecule has 28 heavy (non-hydrogen) atoms. The van der Waals surface area contributed by atoms with E-state index in [0.717, 1.165) is 34.1 Å². The molecule has 0 aliphatic heterocycles. The van der Waals surface area contributed by atoms with Gasteiger partial charge in [0.15, 0.2) is 0 Å². The Kier molecular flexibility index (Phi) is 5.80. The normalized spacial score (nSPS) is 15.9. The monoisotopic (exact) mass is 479 g/mol. The molecule has 0 bridgehead atoms. The van der Waals surface area contributed by atoms with Gasteiger partial charge in [-0.15, -0.1) is 0 Å². The Morgan fingerprint density at radius 3 is 2.64 bits per heavy atom. The van der Waals surface area contributed by atoms with Crippen molar-refractivity contribution in [3.05, 3.63) is 56.7 Å². The van der Waals surface area contributed by atoms with E-state index in [0.29, 0.717) is 27.6 Å². The quantitative estimate of drug-likeness (QED) is 0.345. The molecule has 1 aromatic carbocycles. The predicted octanol–water partition coefficient (Wildman–Crippen LogP) is 6.19. The summed E-state index contributed by atoms with van der Waals surface area (Å²) in [5.41, 5.74) is 9.47. The number of hydrogen-bond donors (Lipinski definition) is 2. The second-order valence-corrected chi connectivity index (χ2v) is 8.70. The van der Waals surface area contributed by atoms with Crippen LogP contribution in [0.15, 0.2) is 46.1 Å². The van der Waals surface area contributed by atoms with Gasteiger partial charge >= 0.3 is 0 Å². The average Bonchev–Trinajstić information content (AvgIpc) is 3.06. The fourth-order valence-electron chi connectivity index (χ4n) is 3.60. The highest BCUT2D eigenvalue weighted by Gasteiger charge is 2.19. The van der Waals surface area contributed by atoms with E-state index in [-0.39, 0.29) is 0 Å². The number of nitrogens with zero attached hydrogens (tertiary/aromatic N) is 3. The molecule has 0 atom stereocenters. The molecule has 0 unspecified atom stereocenters. The Labute approximate surface area is 182 Å². The number of hydrogen-bond acceptors (Lipinski definition) is 3. The van der Waals surface area contributed by atoms with Crippen molar-refractivity contribution < 1.29 is 0 Å². The molecule has 1 fully saturated rings. The Balaban J connectivity index is 1.81. The third kappa shape index (κ3) is 4.00. The second kappa shape index (κ2) is 8.31. The highest BCUT2D eigenvalue weighted by Crippen LogP contribution is 2.34. The highest BCUT2D eigenvalue weighted by atomic mass is 79.9. The molecular formula is C20H20BrCl2N5. The zero-order valence-corrected chi connectivity index (χ0v) is 18.2. The number of para-hydroxylation sites is 1. The van der Waals surface area contributed by atoms with Crippen LogP contribution in [0.1, 0.15) is 37.7 Å². The molecule has 0 amide bonds. The zero-order valence-electron chi connectivity index (χ0n) is 15.1. The lowest BCUT2D eigenvalue weighted by atomic mass is 9.95. The van der Waals surface area contributed by atoms with E-state index in [2.05, 4.69) is 31.3 Å². The standard InChI is InChI=1S/C20H20BrCl2N5/c21-12-9-17-18(26-13-5-2-1-3-6-13)14(10-25-28(17)11-12)20(24)27-19-15(22)7-4-8-16(19)23/h4,7-11,13,26H,1-3,5-6H2,(H2,24,27). The van der Waals surface area contributed by atoms with Crippen molar-refractivity contribution >= 4 is 61.9 Å². The Hall–Kier alpha value is -1.76. The first-order valence-electron chi connectivity index (χ1n) is 9.25. The molecule has 0 spiro atoms. The molecule has 3 aromatic rings. The van der Waals surface area contributed by atoms with E-state index < -0.39 is 0 Å². The van der Waals surface area contributed by atoms with E-state index in [1.165, 1.54) is 19.3 Å². The van der Waals surface area contributed by atoms with Gasteiger partial charge in [0.2, 0.25) is 0 Å². The number of nitrogens with two attached hydrogens (primary N) is 1. The number of benzene rings is 1. The minimum Gasteiger partial charge on any atom is -0.383 e. The first-order chi connectivity index (χ1) is 13.5. The number of anilines is 1. The van der Waals surface area contributed by atoms with E-state index in [1.54, 1.807) is 24.4 Å².